The van der Waals surface area contributed by atoms with Crippen LogP contribution < -0.4 is 5.32 Å². The largest absolute Gasteiger partial charge is 0.352 e. The number of carbonyl (C=O) groups is 1. The molecule has 0 saturated carbocycles. The number of benzene rings is 1. The Balaban J connectivity index is 0.000000921. The fraction of sp³-hybridized carbons (Fsp3) is 0.462. The second-order valence-electron chi connectivity index (χ2n) is 3.03. The number of aryl methyl sites for hydroxylation is 1. The van der Waals surface area contributed by atoms with E-state index >= 15 is 0 Å². The van der Waals surface area contributed by atoms with Crippen LogP contribution in [-0.4, -0.2) is 5.91 Å². The zero-order chi connectivity index (χ0) is 11.7. The van der Waals surface area contributed by atoms with Gasteiger partial charge in [0.1, 0.15) is 0 Å². The van der Waals surface area contributed by atoms with Gasteiger partial charge in [0, 0.05) is 13.5 Å². The highest BCUT2D eigenvalue weighted by Gasteiger charge is 1.99. The number of nitrogens with one attached hydrogen (secondary N) is 1. The Labute approximate surface area is 92.7 Å². The van der Waals surface area contributed by atoms with E-state index in [0.29, 0.717) is 6.54 Å². The van der Waals surface area contributed by atoms with Crippen molar-refractivity contribution in [2.24, 2.45) is 0 Å². The smallest absolute Gasteiger partial charge is 0.217 e. The van der Waals surface area contributed by atoms with E-state index in [-0.39, 0.29) is 5.91 Å². The lowest BCUT2D eigenvalue weighted by Gasteiger charge is -2.07. The molecule has 1 aromatic rings. The summed E-state index contributed by atoms with van der Waals surface area (Å²) in [6.45, 7) is 8.29. The lowest BCUT2D eigenvalue weighted by atomic mass is 10.1. The average molecular weight is 207 g/mol. The molecule has 0 atom stereocenters. The van der Waals surface area contributed by atoms with Crippen molar-refractivity contribution in [2.75, 3.05) is 0 Å². The van der Waals surface area contributed by atoms with Gasteiger partial charge in [-0.1, -0.05) is 45.0 Å². The van der Waals surface area contributed by atoms with Crippen LogP contribution in [0, 0.1) is 0 Å². The third kappa shape index (κ3) is 5.21. The molecule has 0 aliphatic rings. The van der Waals surface area contributed by atoms with Gasteiger partial charge in [0.15, 0.2) is 0 Å². The van der Waals surface area contributed by atoms with Crippen molar-refractivity contribution in [3.63, 3.8) is 0 Å². The van der Waals surface area contributed by atoms with Gasteiger partial charge in [0.25, 0.3) is 0 Å². The third-order valence-electron chi connectivity index (χ3n) is 2.03. The van der Waals surface area contributed by atoms with Crippen LogP contribution in [0.1, 0.15) is 38.8 Å². The standard InChI is InChI=1S/C11H15NO.C2H6/c1-3-10-6-4-5-7-11(10)8-12-9(2)13;1-2/h4-7H,3,8H2,1-2H3,(H,12,13);1-2H3. The van der Waals surface area contributed by atoms with Crippen LogP contribution in [-0.2, 0) is 17.8 Å². The molecular formula is C13H21NO. The van der Waals surface area contributed by atoms with Gasteiger partial charge in [0.2, 0.25) is 5.91 Å². The van der Waals surface area contributed by atoms with Crippen molar-refractivity contribution in [3.05, 3.63) is 35.4 Å². The molecule has 2 nitrogen and oxygen atoms in total. The monoisotopic (exact) mass is 207 g/mol. The number of carbonyl (C=O) groups excluding carboxylic acids is 1. The molecule has 84 valence electrons. The van der Waals surface area contributed by atoms with Crippen molar-refractivity contribution >= 4 is 5.91 Å². The predicted molar refractivity (Wildman–Crippen MR) is 64.7 cm³/mol. The molecular weight excluding hydrogens is 186 g/mol. The van der Waals surface area contributed by atoms with Gasteiger partial charge >= 0.3 is 0 Å². The Morgan fingerprint density at radius 1 is 1.20 bits per heavy atom. The van der Waals surface area contributed by atoms with Crippen LogP contribution in [0.3, 0.4) is 0 Å². The first-order chi connectivity index (χ1) is 7.24. The Hall–Kier alpha value is -1.31. The van der Waals surface area contributed by atoms with E-state index in [4.69, 9.17) is 0 Å². The summed E-state index contributed by atoms with van der Waals surface area (Å²) < 4.78 is 0. The van der Waals surface area contributed by atoms with Crippen molar-refractivity contribution in [1.29, 1.82) is 0 Å². The van der Waals surface area contributed by atoms with Gasteiger partial charge in [-0.2, -0.15) is 0 Å². The SMILES string of the molecule is CC.CCc1ccccc1CNC(C)=O. The van der Waals surface area contributed by atoms with Crippen LogP contribution in [0.2, 0.25) is 0 Å². The van der Waals surface area contributed by atoms with E-state index in [9.17, 15) is 4.79 Å². The Bertz CT molecular complexity index is 294. The number of hydrogen-bond acceptors (Lipinski definition) is 1. The highest BCUT2D eigenvalue weighted by atomic mass is 16.1. The molecule has 2 heteroatoms. The second kappa shape index (κ2) is 8.04. The van der Waals surface area contributed by atoms with Crippen LogP contribution in [0.25, 0.3) is 0 Å². The number of hydrogen-bond donors (Lipinski definition) is 1. The lowest BCUT2D eigenvalue weighted by Crippen LogP contribution is -2.19. The minimum atomic E-state index is 0.0194. The first kappa shape index (κ1) is 13.7. The molecule has 1 aromatic carbocycles. The normalized spacial score (nSPS) is 8.80. The zero-order valence-electron chi connectivity index (χ0n) is 10.1. The Morgan fingerprint density at radius 2 is 1.73 bits per heavy atom. The summed E-state index contributed by atoms with van der Waals surface area (Å²) >= 11 is 0. The van der Waals surface area contributed by atoms with E-state index < -0.39 is 0 Å². The highest BCUT2D eigenvalue weighted by Crippen LogP contribution is 2.08. The maximum absolute atomic E-state index is 10.7. The highest BCUT2D eigenvalue weighted by molar-refractivity contribution is 5.72. The molecule has 0 saturated heterocycles. The van der Waals surface area contributed by atoms with Gasteiger partial charge in [-0.25, -0.2) is 0 Å². The fourth-order valence-corrected chi connectivity index (χ4v) is 1.29. The van der Waals surface area contributed by atoms with Crippen molar-refractivity contribution in [1.82, 2.24) is 5.32 Å². The minimum Gasteiger partial charge on any atom is -0.352 e. The van der Waals surface area contributed by atoms with Crippen LogP contribution in [0.15, 0.2) is 24.3 Å². The molecule has 0 heterocycles. The molecule has 0 unspecified atom stereocenters. The van der Waals surface area contributed by atoms with E-state index in [1.54, 1.807) is 0 Å². The van der Waals surface area contributed by atoms with Crippen LogP contribution in [0.5, 0.6) is 0 Å². The Kier molecular flexibility index (Phi) is 7.33. The molecule has 1 N–H and O–H groups in total. The van der Waals surface area contributed by atoms with Gasteiger partial charge < -0.3 is 5.32 Å². The van der Waals surface area contributed by atoms with Crippen LogP contribution >= 0.6 is 0 Å². The lowest BCUT2D eigenvalue weighted by molar-refractivity contribution is -0.119. The first-order valence-corrected chi connectivity index (χ1v) is 5.55. The molecule has 1 rings (SSSR count). The molecule has 0 aliphatic carbocycles. The van der Waals surface area contributed by atoms with Crippen molar-refractivity contribution in [3.8, 4) is 0 Å². The third-order valence-corrected chi connectivity index (χ3v) is 2.03. The summed E-state index contributed by atoms with van der Waals surface area (Å²) in [6.07, 6.45) is 1.01. The summed E-state index contributed by atoms with van der Waals surface area (Å²) in [7, 11) is 0. The fourth-order valence-electron chi connectivity index (χ4n) is 1.29. The molecule has 1 amide bonds. The van der Waals surface area contributed by atoms with E-state index in [2.05, 4.69) is 24.4 Å². The predicted octanol–water partition coefficient (Wildman–Crippen LogP) is 2.91. The Morgan fingerprint density at radius 3 is 2.20 bits per heavy atom. The maximum Gasteiger partial charge on any atom is 0.217 e. The van der Waals surface area contributed by atoms with Gasteiger partial charge in [-0.3, -0.25) is 4.79 Å². The molecule has 0 radical (unpaired) electrons. The topological polar surface area (TPSA) is 29.1 Å². The van der Waals surface area contributed by atoms with Gasteiger partial charge in [-0.15, -0.1) is 0 Å². The molecule has 0 aromatic heterocycles. The molecule has 0 aliphatic heterocycles. The summed E-state index contributed by atoms with van der Waals surface area (Å²) in [5, 5.41) is 2.80. The minimum absolute atomic E-state index is 0.0194. The molecule has 0 bridgehead atoms. The first-order valence-electron chi connectivity index (χ1n) is 5.55. The average Bonchev–Trinajstić information content (AvgIpc) is 2.29. The van der Waals surface area contributed by atoms with Gasteiger partial charge in [0.05, 0.1) is 0 Å². The van der Waals surface area contributed by atoms with Crippen molar-refractivity contribution < 1.29 is 4.79 Å². The van der Waals surface area contributed by atoms with E-state index in [1.807, 2.05) is 26.0 Å². The second-order valence-corrected chi connectivity index (χ2v) is 3.03. The van der Waals surface area contributed by atoms with E-state index in [0.717, 1.165) is 6.42 Å². The molecule has 0 fully saturated rings. The molecule has 15 heavy (non-hydrogen) atoms. The quantitative estimate of drug-likeness (QED) is 0.811. The number of rotatable bonds is 3. The molecule has 0 spiro atoms. The van der Waals surface area contributed by atoms with Crippen LogP contribution in [0.4, 0.5) is 0 Å². The summed E-state index contributed by atoms with van der Waals surface area (Å²) in [4.78, 5) is 10.7. The van der Waals surface area contributed by atoms with Gasteiger partial charge in [-0.05, 0) is 17.5 Å². The van der Waals surface area contributed by atoms with Crippen molar-refractivity contribution in [2.45, 2.75) is 40.7 Å². The zero-order valence-corrected chi connectivity index (χ0v) is 10.1. The summed E-state index contributed by atoms with van der Waals surface area (Å²) in [6, 6.07) is 8.17. The number of amides is 1. The van der Waals surface area contributed by atoms with E-state index in [1.165, 1.54) is 18.1 Å². The maximum atomic E-state index is 10.7. The summed E-state index contributed by atoms with van der Waals surface area (Å²) in [5.41, 5.74) is 2.51. The summed E-state index contributed by atoms with van der Waals surface area (Å²) in [5.74, 6) is 0.0194.